The van der Waals surface area contributed by atoms with Gasteiger partial charge < -0.3 is 0 Å². The zero-order chi connectivity index (χ0) is 9.70. The van der Waals surface area contributed by atoms with Gasteiger partial charge in [0.25, 0.3) is 0 Å². The quantitative estimate of drug-likeness (QED) is 0.409. The van der Waals surface area contributed by atoms with Crippen LogP contribution >= 0.6 is 0 Å². The number of rotatable bonds is 2. The zero-order valence-corrected chi connectivity index (χ0v) is 8.48. The van der Waals surface area contributed by atoms with Gasteiger partial charge in [-0.15, -0.1) is 13.2 Å². The van der Waals surface area contributed by atoms with E-state index in [1.165, 1.54) is 0 Å². The minimum atomic E-state index is 1.10. The first-order valence-electron chi connectivity index (χ1n) is 4.09. The first-order valence-corrected chi connectivity index (χ1v) is 4.09. The molecule has 0 fully saturated rings. The van der Waals surface area contributed by atoms with Gasteiger partial charge in [-0.1, -0.05) is 45.1 Å². The molecule has 0 N–H and O–H groups in total. The van der Waals surface area contributed by atoms with E-state index in [9.17, 15) is 0 Å². The largest absolute Gasteiger partial charge is 0.106 e. The molecule has 0 heterocycles. The molecule has 0 unspecified atom stereocenters. The minimum absolute atomic E-state index is 1.10. The third-order valence-corrected chi connectivity index (χ3v) is 0.638. The lowest BCUT2D eigenvalue weighted by Gasteiger charge is -1.79. The monoisotopic (exact) mass is 154 g/mol. The lowest BCUT2D eigenvalue weighted by Crippen LogP contribution is -1.58. The van der Waals surface area contributed by atoms with Gasteiger partial charge in [0.2, 0.25) is 0 Å². The average molecular weight is 154 g/mol. The van der Waals surface area contributed by atoms with Gasteiger partial charge in [-0.05, 0) is 13.3 Å². The van der Waals surface area contributed by atoms with Crippen molar-refractivity contribution in [2.45, 2.75) is 34.1 Å². The van der Waals surface area contributed by atoms with E-state index in [-0.39, 0.29) is 0 Å². The highest BCUT2D eigenvalue weighted by atomic mass is 13.7. The molecule has 0 rings (SSSR count). The molecule has 0 aromatic heterocycles. The van der Waals surface area contributed by atoms with Crippen molar-refractivity contribution in [1.82, 2.24) is 0 Å². The summed E-state index contributed by atoms with van der Waals surface area (Å²) >= 11 is 0. The second kappa shape index (κ2) is 22.9. The van der Waals surface area contributed by atoms with Gasteiger partial charge in [0.05, 0.1) is 0 Å². The molecule has 0 amide bonds. The summed E-state index contributed by atoms with van der Waals surface area (Å²) in [5.74, 6) is 0. The summed E-state index contributed by atoms with van der Waals surface area (Å²) in [4.78, 5) is 0. The van der Waals surface area contributed by atoms with Gasteiger partial charge in [-0.3, -0.25) is 0 Å². The highest BCUT2D eigenvalue weighted by Crippen LogP contribution is 1.89. The van der Waals surface area contributed by atoms with Crippen LogP contribution in [0.4, 0.5) is 0 Å². The number of allylic oxidation sites excluding steroid dienone is 3. The highest BCUT2D eigenvalue weighted by Gasteiger charge is 1.67. The molecule has 0 saturated carbocycles. The Morgan fingerprint density at radius 1 is 1.27 bits per heavy atom. The minimum Gasteiger partial charge on any atom is -0.106 e. The smallest absolute Gasteiger partial charge is 0.0376 e. The molecule has 0 atom stereocenters. The fraction of sp³-hybridized carbons (Fsp3) is 0.455. The van der Waals surface area contributed by atoms with Crippen LogP contribution in [0.3, 0.4) is 0 Å². The maximum Gasteiger partial charge on any atom is -0.0376 e. The first kappa shape index (κ1) is 16.7. The van der Waals surface area contributed by atoms with Gasteiger partial charge >= 0.3 is 0 Å². The van der Waals surface area contributed by atoms with E-state index in [2.05, 4.69) is 32.7 Å². The van der Waals surface area contributed by atoms with E-state index < -0.39 is 0 Å². The predicted molar refractivity (Wildman–Crippen MR) is 56.8 cm³/mol. The van der Waals surface area contributed by atoms with E-state index in [1.807, 2.05) is 26.8 Å². The van der Waals surface area contributed by atoms with E-state index in [0.717, 1.165) is 12.0 Å². The first-order chi connectivity index (χ1) is 5.27. The third kappa shape index (κ3) is 46.4. The van der Waals surface area contributed by atoms with Crippen LogP contribution in [-0.2, 0) is 0 Å². The molecule has 66 valence electrons. The maximum absolute atomic E-state index is 3.71. The van der Waals surface area contributed by atoms with Crippen molar-refractivity contribution < 1.29 is 0 Å². The molecule has 0 heteroatoms. The van der Waals surface area contributed by atoms with Crippen LogP contribution < -0.4 is 0 Å². The molecule has 0 nitrogen and oxygen atoms in total. The van der Waals surface area contributed by atoms with Crippen LogP contribution in [0.2, 0.25) is 0 Å². The molecule has 0 radical (unpaired) electrons. The van der Waals surface area contributed by atoms with Crippen molar-refractivity contribution in [2.24, 2.45) is 0 Å². The van der Waals surface area contributed by atoms with E-state index >= 15 is 0 Å². The lowest BCUT2D eigenvalue weighted by atomic mass is 10.3. The topological polar surface area (TPSA) is 0 Å². The molecular weight excluding hydrogens is 132 g/mol. The van der Waals surface area contributed by atoms with Crippen LogP contribution in [0, 0.1) is 0 Å². The molecule has 11 heavy (non-hydrogen) atoms. The number of hydrogen-bond donors (Lipinski definition) is 0. The Hall–Kier alpha value is -0.780. The molecule has 0 saturated heterocycles. The Labute approximate surface area is 72.3 Å². The fourth-order valence-electron chi connectivity index (χ4n) is 0.319. The van der Waals surface area contributed by atoms with Gasteiger partial charge in [-0.25, -0.2) is 0 Å². The molecule has 0 aromatic rings. The van der Waals surface area contributed by atoms with Gasteiger partial charge in [0.1, 0.15) is 0 Å². The lowest BCUT2D eigenvalue weighted by molar-refractivity contribution is 1.22. The summed E-state index contributed by atoms with van der Waals surface area (Å²) in [5.41, 5.74) is 1.13. The molecule has 0 spiro atoms. The summed E-state index contributed by atoms with van der Waals surface area (Å²) in [7, 11) is 0. The SMILES string of the molecule is C=C.C=C(C)/C=C\CC.CC. The normalized spacial score (nSPS) is 7.27. The predicted octanol–water partition coefficient (Wildman–Crippen LogP) is 4.36. The summed E-state index contributed by atoms with van der Waals surface area (Å²) in [6, 6.07) is 0. The van der Waals surface area contributed by atoms with Crippen LogP contribution in [-0.4, -0.2) is 0 Å². The van der Waals surface area contributed by atoms with Crippen LogP contribution in [0.15, 0.2) is 37.5 Å². The molecule has 0 aliphatic heterocycles. The zero-order valence-electron chi connectivity index (χ0n) is 8.48. The highest BCUT2D eigenvalue weighted by molar-refractivity contribution is 5.10. The molecule has 0 aliphatic carbocycles. The van der Waals surface area contributed by atoms with E-state index in [0.29, 0.717) is 0 Å². The number of hydrogen-bond acceptors (Lipinski definition) is 0. The van der Waals surface area contributed by atoms with Crippen LogP contribution in [0.25, 0.3) is 0 Å². The van der Waals surface area contributed by atoms with Crippen LogP contribution in [0.1, 0.15) is 34.1 Å². The average Bonchev–Trinajstić information content (AvgIpc) is 2.08. The Bertz CT molecular complexity index is 88.2. The Kier molecular flexibility index (Phi) is 34.6. The van der Waals surface area contributed by atoms with Crippen molar-refractivity contribution in [2.75, 3.05) is 0 Å². The van der Waals surface area contributed by atoms with Gasteiger partial charge in [0, 0.05) is 0 Å². The third-order valence-electron chi connectivity index (χ3n) is 0.638. The second-order valence-corrected chi connectivity index (χ2v) is 1.66. The van der Waals surface area contributed by atoms with Crippen molar-refractivity contribution in [3.8, 4) is 0 Å². The molecule has 0 aliphatic rings. The fourth-order valence-corrected chi connectivity index (χ4v) is 0.319. The van der Waals surface area contributed by atoms with E-state index in [4.69, 9.17) is 0 Å². The van der Waals surface area contributed by atoms with Crippen molar-refractivity contribution in [3.63, 3.8) is 0 Å². The molecule has 0 aromatic carbocycles. The molecular formula is C11H22. The molecule has 0 bridgehead atoms. The van der Waals surface area contributed by atoms with Gasteiger partial charge in [-0.2, -0.15) is 0 Å². The van der Waals surface area contributed by atoms with Crippen molar-refractivity contribution in [1.29, 1.82) is 0 Å². The van der Waals surface area contributed by atoms with Gasteiger partial charge in [0.15, 0.2) is 0 Å². The summed E-state index contributed by atoms with van der Waals surface area (Å²) in [6.45, 7) is 17.8. The summed E-state index contributed by atoms with van der Waals surface area (Å²) in [5, 5.41) is 0. The van der Waals surface area contributed by atoms with Crippen LogP contribution in [0.5, 0.6) is 0 Å². The second-order valence-electron chi connectivity index (χ2n) is 1.66. The summed E-state index contributed by atoms with van der Waals surface area (Å²) in [6.07, 6.45) is 5.23. The Morgan fingerprint density at radius 2 is 1.64 bits per heavy atom. The summed E-state index contributed by atoms with van der Waals surface area (Å²) < 4.78 is 0. The van der Waals surface area contributed by atoms with Crippen molar-refractivity contribution in [3.05, 3.63) is 37.5 Å². The standard InChI is InChI=1S/C7H12.C2H6.C2H4/c1-4-5-6-7(2)3;2*1-2/h5-6H,2,4H2,1,3H3;1-2H3;1-2H2/b6-5-;;. The van der Waals surface area contributed by atoms with Crippen molar-refractivity contribution >= 4 is 0 Å². The van der Waals surface area contributed by atoms with E-state index in [1.54, 1.807) is 0 Å². The Balaban J connectivity index is -0.000000138. The Morgan fingerprint density at radius 3 is 1.73 bits per heavy atom. The maximum atomic E-state index is 3.71.